The fourth-order valence-electron chi connectivity index (χ4n) is 6.59. The standard InChI is InChI=1S/C32H37NO3/c34-31(23-35-21-25-9-10-25)15-16-32(19-24-6-2-1-3-7-24)27(20-31)12-11-26-18-29(13-14-30(26)32)36-22-28-8-4-5-17-33-28/h1-8,13-14,17-18,25,27,34H,9-12,15-16,19-23H2/t27-,31-,32+/m1/s1. The molecule has 0 unspecified atom stereocenters. The van der Waals surface area contributed by atoms with E-state index in [2.05, 4.69) is 53.5 Å². The van der Waals surface area contributed by atoms with Crippen LogP contribution in [-0.2, 0) is 29.6 Å². The highest BCUT2D eigenvalue weighted by Crippen LogP contribution is 2.54. The Morgan fingerprint density at radius 2 is 1.81 bits per heavy atom. The van der Waals surface area contributed by atoms with E-state index in [1.807, 2.05) is 18.2 Å². The van der Waals surface area contributed by atoms with Gasteiger partial charge < -0.3 is 14.6 Å². The Labute approximate surface area is 214 Å². The van der Waals surface area contributed by atoms with Gasteiger partial charge >= 0.3 is 0 Å². The molecule has 3 atom stereocenters. The highest BCUT2D eigenvalue weighted by atomic mass is 16.5. The molecule has 6 rings (SSSR count). The van der Waals surface area contributed by atoms with Crippen molar-refractivity contribution in [2.24, 2.45) is 11.8 Å². The third-order valence-electron chi connectivity index (χ3n) is 8.72. The van der Waals surface area contributed by atoms with Gasteiger partial charge in [-0.1, -0.05) is 42.5 Å². The summed E-state index contributed by atoms with van der Waals surface area (Å²) >= 11 is 0. The van der Waals surface area contributed by atoms with Crippen LogP contribution in [-0.4, -0.2) is 28.9 Å². The minimum absolute atomic E-state index is 0.0389. The molecule has 2 aromatic carbocycles. The van der Waals surface area contributed by atoms with Crippen molar-refractivity contribution in [1.82, 2.24) is 4.98 Å². The first-order chi connectivity index (χ1) is 17.6. The van der Waals surface area contributed by atoms with Crippen molar-refractivity contribution in [2.45, 2.75) is 69.0 Å². The summed E-state index contributed by atoms with van der Waals surface area (Å²) in [5.74, 6) is 2.08. The molecule has 0 spiro atoms. The molecule has 3 aliphatic rings. The lowest BCUT2D eigenvalue weighted by molar-refractivity contribution is -0.102. The Hall–Kier alpha value is -2.69. The fraction of sp³-hybridized carbons (Fsp3) is 0.469. The summed E-state index contributed by atoms with van der Waals surface area (Å²) < 4.78 is 12.1. The molecule has 0 radical (unpaired) electrons. The molecule has 4 nitrogen and oxygen atoms in total. The van der Waals surface area contributed by atoms with Crippen LogP contribution in [0.3, 0.4) is 0 Å². The van der Waals surface area contributed by atoms with Crippen molar-refractivity contribution in [3.63, 3.8) is 0 Å². The highest BCUT2D eigenvalue weighted by molar-refractivity contribution is 5.45. The Bertz CT molecular complexity index is 1160. The van der Waals surface area contributed by atoms with Crippen molar-refractivity contribution in [3.05, 3.63) is 95.3 Å². The van der Waals surface area contributed by atoms with E-state index in [4.69, 9.17) is 9.47 Å². The first-order valence-corrected chi connectivity index (χ1v) is 13.6. The molecular weight excluding hydrogens is 446 g/mol. The van der Waals surface area contributed by atoms with E-state index in [1.165, 1.54) is 29.5 Å². The molecule has 3 aromatic rings. The summed E-state index contributed by atoms with van der Waals surface area (Å²) in [6, 6.07) is 23.5. The maximum atomic E-state index is 11.5. The van der Waals surface area contributed by atoms with Gasteiger partial charge in [0.25, 0.3) is 0 Å². The van der Waals surface area contributed by atoms with Crippen LogP contribution >= 0.6 is 0 Å². The SMILES string of the molecule is O[C@]1(COCC2CC2)CC[C@@]2(Cc3ccccc3)c3ccc(OCc4ccccn4)cc3CC[C@@H]2C1. The molecule has 3 aliphatic carbocycles. The normalized spacial score (nSPS) is 27.2. The number of ether oxygens (including phenoxy) is 2. The molecule has 0 saturated heterocycles. The summed E-state index contributed by atoms with van der Waals surface area (Å²) in [7, 11) is 0. The van der Waals surface area contributed by atoms with Crippen molar-refractivity contribution < 1.29 is 14.6 Å². The van der Waals surface area contributed by atoms with E-state index in [-0.39, 0.29) is 5.41 Å². The van der Waals surface area contributed by atoms with E-state index < -0.39 is 5.60 Å². The van der Waals surface area contributed by atoms with Gasteiger partial charge in [0, 0.05) is 18.2 Å². The molecule has 2 fully saturated rings. The number of aliphatic hydroxyl groups is 1. The van der Waals surface area contributed by atoms with Crippen molar-refractivity contribution in [3.8, 4) is 5.75 Å². The number of aryl methyl sites for hydroxylation is 1. The Kier molecular flexibility index (Phi) is 6.57. The van der Waals surface area contributed by atoms with E-state index in [1.54, 1.807) is 6.20 Å². The van der Waals surface area contributed by atoms with Crippen molar-refractivity contribution >= 4 is 0 Å². The number of pyridine rings is 1. The monoisotopic (exact) mass is 483 g/mol. The maximum Gasteiger partial charge on any atom is 0.130 e. The fourth-order valence-corrected chi connectivity index (χ4v) is 6.59. The van der Waals surface area contributed by atoms with Gasteiger partial charge in [-0.05, 0) is 104 Å². The van der Waals surface area contributed by atoms with Gasteiger partial charge in [0.15, 0.2) is 0 Å². The van der Waals surface area contributed by atoms with E-state index in [0.29, 0.717) is 19.1 Å². The number of nitrogens with zero attached hydrogens (tertiary/aromatic N) is 1. The molecule has 0 amide bonds. The summed E-state index contributed by atoms with van der Waals surface area (Å²) in [4.78, 5) is 4.38. The molecule has 0 bridgehead atoms. The average Bonchev–Trinajstić information content (AvgIpc) is 3.73. The minimum atomic E-state index is -0.705. The van der Waals surface area contributed by atoms with Crippen LogP contribution in [0.25, 0.3) is 0 Å². The topological polar surface area (TPSA) is 51.6 Å². The molecule has 188 valence electrons. The number of aromatic nitrogens is 1. The number of hydrogen-bond acceptors (Lipinski definition) is 4. The zero-order chi connectivity index (χ0) is 24.4. The van der Waals surface area contributed by atoms with Gasteiger partial charge in [-0.2, -0.15) is 0 Å². The van der Waals surface area contributed by atoms with Gasteiger partial charge in [0.05, 0.1) is 17.9 Å². The molecule has 1 heterocycles. The smallest absolute Gasteiger partial charge is 0.130 e. The molecule has 1 N–H and O–H groups in total. The zero-order valence-corrected chi connectivity index (χ0v) is 21.1. The first-order valence-electron chi connectivity index (χ1n) is 13.6. The molecule has 0 aliphatic heterocycles. The van der Waals surface area contributed by atoms with Crippen LogP contribution in [0.1, 0.15) is 60.9 Å². The second-order valence-electron chi connectivity index (χ2n) is 11.4. The number of rotatable bonds is 9. The summed E-state index contributed by atoms with van der Waals surface area (Å²) in [6.07, 6.45) is 10.1. The van der Waals surface area contributed by atoms with Crippen LogP contribution in [0, 0.1) is 11.8 Å². The Morgan fingerprint density at radius 3 is 2.61 bits per heavy atom. The number of benzene rings is 2. The predicted octanol–water partition coefficient (Wildman–Crippen LogP) is 6.05. The number of hydrogen-bond donors (Lipinski definition) is 1. The lowest BCUT2D eigenvalue weighted by Crippen LogP contribution is -2.52. The van der Waals surface area contributed by atoms with Gasteiger partial charge in [0.1, 0.15) is 12.4 Å². The summed E-state index contributed by atoms with van der Waals surface area (Å²) in [6.45, 7) is 1.77. The third kappa shape index (κ3) is 5.07. The second kappa shape index (κ2) is 9.99. The predicted molar refractivity (Wildman–Crippen MR) is 141 cm³/mol. The van der Waals surface area contributed by atoms with Gasteiger partial charge in [-0.3, -0.25) is 4.98 Å². The first kappa shape index (κ1) is 23.7. The summed E-state index contributed by atoms with van der Waals surface area (Å²) in [5.41, 5.74) is 4.50. The molecule has 4 heteroatoms. The van der Waals surface area contributed by atoms with Crippen LogP contribution in [0.15, 0.2) is 72.9 Å². The van der Waals surface area contributed by atoms with E-state index >= 15 is 0 Å². The molecular formula is C32H37NO3. The van der Waals surface area contributed by atoms with E-state index in [9.17, 15) is 5.11 Å². The maximum absolute atomic E-state index is 11.5. The lowest BCUT2D eigenvalue weighted by atomic mass is 9.52. The van der Waals surface area contributed by atoms with Gasteiger partial charge in [0.2, 0.25) is 0 Å². The van der Waals surface area contributed by atoms with Crippen molar-refractivity contribution in [1.29, 1.82) is 0 Å². The Balaban J connectivity index is 1.25. The Morgan fingerprint density at radius 1 is 0.944 bits per heavy atom. The van der Waals surface area contributed by atoms with Crippen molar-refractivity contribution in [2.75, 3.05) is 13.2 Å². The van der Waals surface area contributed by atoms with E-state index in [0.717, 1.165) is 62.5 Å². The quantitative estimate of drug-likeness (QED) is 0.403. The van der Waals surface area contributed by atoms with Crippen LogP contribution < -0.4 is 4.74 Å². The average molecular weight is 484 g/mol. The third-order valence-corrected chi connectivity index (χ3v) is 8.72. The largest absolute Gasteiger partial charge is 0.487 e. The number of fused-ring (bicyclic) bond motifs is 3. The highest BCUT2D eigenvalue weighted by Gasteiger charge is 2.51. The van der Waals surface area contributed by atoms with Crippen LogP contribution in [0.4, 0.5) is 0 Å². The second-order valence-corrected chi connectivity index (χ2v) is 11.4. The lowest BCUT2D eigenvalue weighted by Gasteiger charge is -2.53. The summed E-state index contributed by atoms with van der Waals surface area (Å²) in [5, 5.41) is 11.5. The van der Waals surface area contributed by atoms with Gasteiger partial charge in [-0.15, -0.1) is 0 Å². The van der Waals surface area contributed by atoms with Gasteiger partial charge in [-0.25, -0.2) is 0 Å². The zero-order valence-electron chi connectivity index (χ0n) is 21.1. The minimum Gasteiger partial charge on any atom is -0.487 e. The molecule has 2 saturated carbocycles. The molecule has 1 aromatic heterocycles. The van der Waals surface area contributed by atoms with Crippen LogP contribution in [0.2, 0.25) is 0 Å². The van der Waals surface area contributed by atoms with Crippen LogP contribution in [0.5, 0.6) is 5.75 Å². The molecule has 36 heavy (non-hydrogen) atoms.